The van der Waals surface area contributed by atoms with Gasteiger partial charge >= 0.3 is 0 Å². The molecule has 0 N–H and O–H groups in total. The lowest BCUT2D eigenvalue weighted by molar-refractivity contribution is 0.0300. The Bertz CT molecular complexity index is 458. The smallest absolute Gasteiger partial charge is 0.261 e. The molecule has 2 heterocycles. The lowest BCUT2D eigenvalue weighted by Gasteiger charge is -2.27. The number of carbonyl (C=O) groups is 1. The first-order chi connectivity index (χ1) is 9.13. The van der Waals surface area contributed by atoms with E-state index in [1.807, 2.05) is 14.1 Å². The molecule has 0 spiro atoms. The van der Waals surface area contributed by atoms with E-state index in [9.17, 15) is 4.79 Å². The van der Waals surface area contributed by atoms with Crippen molar-refractivity contribution >= 4 is 11.9 Å². The van der Waals surface area contributed by atoms with Crippen LogP contribution in [-0.2, 0) is 4.74 Å². The summed E-state index contributed by atoms with van der Waals surface area (Å²) < 4.78 is 10.4. The van der Waals surface area contributed by atoms with Crippen LogP contribution >= 0.6 is 0 Å². The summed E-state index contributed by atoms with van der Waals surface area (Å²) in [5.74, 6) is 0.691. The quantitative estimate of drug-likeness (QED) is 0.768. The zero-order valence-corrected chi connectivity index (χ0v) is 11.4. The van der Waals surface area contributed by atoms with Crippen LogP contribution in [0, 0.1) is 0 Å². The normalized spacial score (nSPS) is 15.2. The molecule has 0 aliphatic carbocycles. The zero-order valence-electron chi connectivity index (χ0n) is 11.4. The average molecular weight is 266 g/mol. The highest BCUT2D eigenvalue weighted by molar-refractivity contribution is 5.96. The molecule has 0 radical (unpaired) electrons. The van der Waals surface area contributed by atoms with Gasteiger partial charge in [0.1, 0.15) is 5.56 Å². The third kappa shape index (κ3) is 2.93. The van der Waals surface area contributed by atoms with Crippen molar-refractivity contribution < 1.29 is 14.3 Å². The van der Waals surface area contributed by atoms with Crippen molar-refractivity contribution in [3.63, 3.8) is 0 Å². The van der Waals surface area contributed by atoms with Crippen molar-refractivity contribution in [2.45, 2.75) is 0 Å². The van der Waals surface area contributed by atoms with E-state index < -0.39 is 0 Å². The lowest BCUT2D eigenvalue weighted by Crippen LogP contribution is -2.41. The van der Waals surface area contributed by atoms with Gasteiger partial charge in [0.2, 0.25) is 11.8 Å². The van der Waals surface area contributed by atoms with E-state index >= 15 is 0 Å². The van der Waals surface area contributed by atoms with Crippen molar-refractivity contribution in [2.75, 3.05) is 52.4 Å². The predicted octanol–water partition coefficient (Wildman–Crippen LogP) is 0.0236. The molecule has 1 aromatic heterocycles. The molecular weight excluding hydrogens is 248 g/mol. The highest BCUT2D eigenvalue weighted by Crippen LogP contribution is 2.19. The average Bonchev–Trinajstić information content (AvgIpc) is 2.46. The molecule has 0 aromatic carbocycles. The number of nitrogens with zero attached hydrogens (tertiary/aromatic N) is 4. The Morgan fingerprint density at radius 3 is 2.68 bits per heavy atom. The van der Waals surface area contributed by atoms with Crippen LogP contribution in [0.25, 0.3) is 0 Å². The van der Waals surface area contributed by atoms with Crippen molar-refractivity contribution in [1.29, 1.82) is 0 Å². The molecule has 0 unspecified atom stereocenters. The topological polar surface area (TPSA) is 67.8 Å². The van der Waals surface area contributed by atoms with Crippen molar-refractivity contribution in [1.82, 2.24) is 14.9 Å². The summed E-state index contributed by atoms with van der Waals surface area (Å²) in [5.41, 5.74) is 0.384. The zero-order chi connectivity index (χ0) is 13.8. The summed E-state index contributed by atoms with van der Waals surface area (Å²) in [7, 11) is 5.16. The maximum atomic E-state index is 12.4. The van der Waals surface area contributed by atoms with Crippen molar-refractivity contribution in [3.05, 3.63) is 11.8 Å². The minimum atomic E-state index is -0.120. The van der Waals surface area contributed by atoms with Gasteiger partial charge in [0.05, 0.1) is 20.3 Å². The second kappa shape index (κ2) is 5.83. The van der Waals surface area contributed by atoms with Gasteiger partial charge in [-0.25, -0.2) is 4.98 Å². The lowest BCUT2D eigenvalue weighted by atomic mass is 10.2. The molecule has 1 saturated heterocycles. The highest BCUT2D eigenvalue weighted by atomic mass is 16.5. The summed E-state index contributed by atoms with van der Waals surface area (Å²) in [6.07, 6.45) is 1.51. The van der Waals surface area contributed by atoms with Gasteiger partial charge in [-0.2, -0.15) is 4.98 Å². The Morgan fingerprint density at radius 1 is 1.42 bits per heavy atom. The van der Waals surface area contributed by atoms with Crippen LogP contribution in [-0.4, -0.2) is 68.3 Å². The monoisotopic (exact) mass is 266 g/mol. The Kier molecular flexibility index (Phi) is 4.16. The summed E-state index contributed by atoms with van der Waals surface area (Å²) in [4.78, 5) is 24.2. The predicted molar refractivity (Wildman–Crippen MR) is 69.6 cm³/mol. The van der Waals surface area contributed by atoms with Gasteiger partial charge in [0, 0.05) is 33.4 Å². The molecule has 0 bridgehead atoms. The van der Waals surface area contributed by atoms with Crippen molar-refractivity contribution in [2.24, 2.45) is 0 Å². The van der Waals surface area contributed by atoms with Crippen LogP contribution < -0.4 is 9.64 Å². The molecule has 7 nitrogen and oxygen atoms in total. The number of rotatable bonds is 3. The van der Waals surface area contributed by atoms with E-state index in [1.165, 1.54) is 13.3 Å². The molecular formula is C12H18N4O3. The number of ether oxygens (including phenoxy) is 2. The first-order valence-corrected chi connectivity index (χ1v) is 6.09. The molecule has 1 fully saturated rings. The Morgan fingerprint density at radius 2 is 2.11 bits per heavy atom. The van der Waals surface area contributed by atoms with Gasteiger partial charge in [-0.3, -0.25) is 4.79 Å². The van der Waals surface area contributed by atoms with Gasteiger partial charge in [-0.05, 0) is 0 Å². The molecule has 104 valence electrons. The summed E-state index contributed by atoms with van der Waals surface area (Å²) >= 11 is 0. The molecule has 19 heavy (non-hydrogen) atoms. The van der Waals surface area contributed by atoms with E-state index in [1.54, 1.807) is 9.80 Å². The minimum Gasteiger partial charge on any atom is -0.480 e. The Labute approximate surface area is 112 Å². The summed E-state index contributed by atoms with van der Waals surface area (Å²) in [6, 6.07) is 0. The number of morpholine rings is 1. The number of hydrogen-bond donors (Lipinski definition) is 0. The van der Waals surface area contributed by atoms with Crippen LogP contribution in [0.4, 0.5) is 5.95 Å². The number of amides is 1. The van der Waals surface area contributed by atoms with E-state index in [-0.39, 0.29) is 5.91 Å². The van der Waals surface area contributed by atoms with Crippen LogP contribution in [0.5, 0.6) is 5.88 Å². The number of carbonyl (C=O) groups excluding carboxylic acids is 1. The standard InChI is InChI=1S/C12H18N4O3/c1-15(2)12-13-8-9(10(14-12)18-3)11(17)16-4-6-19-7-5-16/h8H,4-7H2,1-3H3. The largest absolute Gasteiger partial charge is 0.480 e. The van der Waals surface area contributed by atoms with E-state index in [4.69, 9.17) is 9.47 Å². The fraction of sp³-hybridized carbons (Fsp3) is 0.583. The van der Waals surface area contributed by atoms with Gasteiger partial charge in [0.25, 0.3) is 5.91 Å². The van der Waals surface area contributed by atoms with Gasteiger partial charge in [-0.15, -0.1) is 0 Å². The number of hydrogen-bond acceptors (Lipinski definition) is 6. The summed E-state index contributed by atoms with van der Waals surface area (Å²) in [6.45, 7) is 2.28. The SMILES string of the molecule is COc1nc(N(C)C)ncc1C(=O)N1CCOCC1. The first-order valence-electron chi connectivity index (χ1n) is 6.09. The summed E-state index contributed by atoms with van der Waals surface area (Å²) in [5, 5.41) is 0. The Balaban J connectivity index is 2.25. The molecule has 1 aliphatic rings. The first kappa shape index (κ1) is 13.5. The van der Waals surface area contributed by atoms with Crippen molar-refractivity contribution in [3.8, 4) is 5.88 Å². The Hall–Kier alpha value is -1.89. The van der Waals surface area contributed by atoms with Crippen LogP contribution in [0.15, 0.2) is 6.20 Å². The number of anilines is 1. The third-order valence-electron chi connectivity index (χ3n) is 2.86. The molecule has 1 amide bonds. The van der Waals surface area contributed by atoms with E-state index in [0.717, 1.165) is 0 Å². The maximum Gasteiger partial charge on any atom is 0.261 e. The number of aromatic nitrogens is 2. The second-order valence-electron chi connectivity index (χ2n) is 4.39. The maximum absolute atomic E-state index is 12.4. The van der Waals surface area contributed by atoms with Gasteiger partial charge in [-0.1, -0.05) is 0 Å². The van der Waals surface area contributed by atoms with E-state index in [0.29, 0.717) is 43.7 Å². The van der Waals surface area contributed by atoms with E-state index in [2.05, 4.69) is 9.97 Å². The van der Waals surface area contributed by atoms with Gasteiger partial charge < -0.3 is 19.3 Å². The van der Waals surface area contributed by atoms with Crippen LogP contribution in [0.2, 0.25) is 0 Å². The van der Waals surface area contributed by atoms with Crippen LogP contribution in [0.3, 0.4) is 0 Å². The van der Waals surface area contributed by atoms with Crippen LogP contribution in [0.1, 0.15) is 10.4 Å². The molecule has 1 aromatic rings. The number of methoxy groups -OCH3 is 1. The fourth-order valence-electron chi connectivity index (χ4n) is 1.81. The molecule has 0 saturated carbocycles. The molecule has 2 rings (SSSR count). The highest BCUT2D eigenvalue weighted by Gasteiger charge is 2.23. The fourth-order valence-corrected chi connectivity index (χ4v) is 1.81. The third-order valence-corrected chi connectivity index (χ3v) is 2.86. The molecule has 7 heteroatoms. The second-order valence-corrected chi connectivity index (χ2v) is 4.39. The van der Waals surface area contributed by atoms with Gasteiger partial charge in [0.15, 0.2) is 0 Å². The molecule has 0 atom stereocenters. The minimum absolute atomic E-state index is 0.120. The molecule has 1 aliphatic heterocycles.